The maximum absolute atomic E-state index is 12.7. The molecule has 2 aliphatic rings. The number of hydrogen-bond donors (Lipinski definition) is 2. The first kappa shape index (κ1) is 24.9. The Labute approximate surface area is 190 Å². The van der Waals surface area contributed by atoms with Crippen molar-refractivity contribution in [3.63, 3.8) is 0 Å². The number of hydrogen-bond acceptors (Lipinski definition) is 7. The van der Waals surface area contributed by atoms with Crippen LogP contribution in [0, 0.1) is 11.8 Å². The predicted octanol–water partition coefficient (Wildman–Crippen LogP) is 1.36. The summed E-state index contributed by atoms with van der Waals surface area (Å²) in [4.78, 5) is 12.7. The second kappa shape index (κ2) is 10.9. The van der Waals surface area contributed by atoms with E-state index < -0.39 is 34.4 Å². The van der Waals surface area contributed by atoms with Gasteiger partial charge in [-0.25, -0.2) is 13.2 Å². The molecule has 0 aromatic heterocycles. The summed E-state index contributed by atoms with van der Waals surface area (Å²) in [6.07, 6.45) is -0.331. The van der Waals surface area contributed by atoms with E-state index in [2.05, 4.69) is 5.32 Å². The lowest BCUT2D eigenvalue weighted by Crippen LogP contribution is -2.51. The van der Waals surface area contributed by atoms with Gasteiger partial charge in [0, 0.05) is 13.1 Å². The Kier molecular flexibility index (Phi) is 8.51. The molecule has 5 atom stereocenters. The number of fused-ring (bicyclic) bond motifs is 1. The van der Waals surface area contributed by atoms with Gasteiger partial charge in [0.25, 0.3) is 0 Å². The predicted molar refractivity (Wildman–Crippen MR) is 118 cm³/mol. The highest BCUT2D eigenvalue weighted by Crippen LogP contribution is 2.33. The highest BCUT2D eigenvalue weighted by atomic mass is 32.2. The molecule has 0 radical (unpaired) electrons. The lowest BCUT2D eigenvalue weighted by Gasteiger charge is -2.30. The van der Waals surface area contributed by atoms with E-state index in [0.29, 0.717) is 13.0 Å². The first-order valence-electron chi connectivity index (χ1n) is 11.0. The third-order valence-electron chi connectivity index (χ3n) is 5.74. The van der Waals surface area contributed by atoms with E-state index in [4.69, 9.17) is 14.2 Å². The van der Waals surface area contributed by atoms with Gasteiger partial charge in [-0.2, -0.15) is 4.31 Å². The van der Waals surface area contributed by atoms with E-state index in [9.17, 15) is 18.3 Å². The van der Waals surface area contributed by atoms with Crippen molar-refractivity contribution in [2.45, 2.75) is 51.2 Å². The Balaban J connectivity index is 1.68. The molecule has 32 heavy (non-hydrogen) atoms. The fourth-order valence-corrected chi connectivity index (χ4v) is 5.10. The minimum Gasteiger partial charge on any atom is -0.443 e. The SMILES string of the molecule is CC(C)CN(CC(O)C(Cc1ccccc1)NC(=O)OC1COC2OCCC12)S(C)(=O)=O. The van der Waals surface area contributed by atoms with Crippen molar-refractivity contribution >= 4 is 16.1 Å². The number of amides is 1. The summed E-state index contributed by atoms with van der Waals surface area (Å²) in [6, 6.07) is 8.66. The molecule has 9 nitrogen and oxygen atoms in total. The van der Waals surface area contributed by atoms with Crippen LogP contribution in [0.1, 0.15) is 25.8 Å². The number of aliphatic hydroxyl groups excluding tert-OH is 1. The van der Waals surface area contributed by atoms with E-state index in [0.717, 1.165) is 18.2 Å². The summed E-state index contributed by atoms with van der Waals surface area (Å²) in [5, 5.41) is 13.7. The Bertz CT molecular complexity index is 849. The minimum absolute atomic E-state index is 0.00464. The van der Waals surface area contributed by atoms with Crippen LogP contribution < -0.4 is 5.32 Å². The van der Waals surface area contributed by atoms with Gasteiger partial charge >= 0.3 is 6.09 Å². The van der Waals surface area contributed by atoms with Gasteiger partial charge in [0.05, 0.1) is 37.5 Å². The summed E-state index contributed by atoms with van der Waals surface area (Å²) < 4.78 is 42.2. The third kappa shape index (κ3) is 6.89. The van der Waals surface area contributed by atoms with Gasteiger partial charge in [0.2, 0.25) is 10.0 Å². The molecule has 1 aromatic rings. The summed E-state index contributed by atoms with van der Waals surface area (Å²) in [7, 11) is -3.52. The fraction of sp³-hybridized carbons (Fsp3) is 0.682. The highest BCUT2D eigenvalue weighted by Gasteiger charge is 2.44. The molecule has 10 heteroatoms. The summed E-state index contributed by atoms with van der Waals surface area (Å²) >= 11 is 0. The number of carbonyl (C=O) groups is 1. The number of nitrogens with one attached hydrogen (secondary N) is 1. The van der Waals surface area contributed by atoms with E-state index in [1.165, 1.54) is 4.31 Å². The molecule has 0 bridgehead atoms. The molecule has 0 saturated carbocycles. The van der Waals surface area contributed by atoms with Gasteiger partial charge < -0.3 is 24.6 Å². The largest absolute Gasteiger partial charge is 0.443 e. The van der Waals surface area contributed by atoms with Crippen LogP contribution in [0.25, 0.3) is 0 Å². The van der Waals surface area contributed by atoms with Crippen LogP contribution in [0.15, 0.2) is 30.3 Å². The average molecular weight is 471 g/mol. The van der Waals surface area contributed by atoms with Crippen molar-refractivity contribution < 1.29 is 32.5 Å². The van der Waals surface area contributed by atoms with Crippen molar-refractivity contribution in [3.05, 3.63) is 35.9 Å². The van der Waals surface area contributed by atoms with Crippen molar-refractivity contribution in [2.24, 2.45) is 11.8 Å². The van der Waals surface area contributed by atoms with Crippen molar-refractivity contribution in [1.29, 1.82) is 0 Å². The van der Waals surface area contributed by atoms with Crippen LogP contribution in [-0.4, -0.2) is 81.0 Å². The second-order valence-corrected chi connectivity index (χ2v) is 10.9. The second-order valence-electron chi connectivity index (χ2n) is 8.95. The van der Waals surface area contributed by atoms with Crippen LogP contribution in [-0.2, 0) is 30.7 Å². The molecule has 2 heterocycles. The monoisotopic (exact) mass is 470 g/mol. The van der Waals surface area contributed by atoms with Gasteiger partial charge in [-0.1, -0.05) is 44.2 Å². The van der Waals surface area contributed by atoms with Crippen LogP contribution in [0.3, 0.4) is 0 Å². The van der Waals surface area contributed by atoms with Crippen LogP contribution in [0.5, 0.6) is 0 Å². The van der Waals surface area contributed by atoms with Crippen LogP contribution >= 0.6 is 0 Å². The lowest BCUT2D eigenvalue weighted by atomic mass is 10.0. The summed E-state index contributed by atoms with van der Waals surface area (Å²) in [5.41, 5.74) is 0.903. The van der Waals surface area contributed by atoms with Gasteiger partial charge in [0.1, 0.15) is 6.10 Å². The highest BCUT2D eigenvalue weighted by molar-refractivity contribution is 7.88. The number of rotatable bonds is 10. The normalized spacial score (nSPS) is 25.0. The number of aliphatic hydroxyl groups is 1. The molecule has 3 rings (SSSR count). The Morgan fingerprint density at radius 1 is 1.25 bits per heavy atom. The zero-order chi connectivity index (χ0) is 23.3. The van der Waals surface area contributed by atoms with E-state index in [1.807, 2.05) is 44.2 Å². The first-order valence-corrected chi connectivity index (χ1v) is 12.9. The van der Waals surface area contributed by atoms with Gasteiger partial charge in [-0.05, 0) is 24.3 Å². The molecule has 0 aliphatic carbocycles. The minimum atomic E-state index is -3.52. The molecule has 5 unspecified atom stereocenters. The zero-order valence-electron chi connectivity index (χ0n) is 18.8. The van der Waals surface area contributed by atoms with Gasteiger partial charge in [-0.15, -0.1) is 0 Å². The van der Waals surface area contributed by atoms with Crippen molar-refractivity contribution in [3.8, 4) is 0 Å². The fourth-order valence-electron chi connectivity index (χ4n) is 4.11. The summed E-state index contributed by atoms with van der Waals surface area (Å²) in [5.74, 6) is 0.0939. The number of carbonyl (C=O) groups excluding carboxylic acids is 1. The molecule has 2 N–H and O–H groups in total. The topological polar surface area (TPSA) is 114 Å². The maximum atomic E-state index is 12.7. The van der Waals surface area contributed by atoms with Crippen molar-refractivity contribution in [2.75, 3.05) is 32.6 Å². The molecule has 1 aromatic carbocycles. The third-order valence-corrected chi connectivity index (χ3v) is 6.97. The molecular weight excluding hydrogens is 436 g/mol. The molecule has 1 amide bonds. The summed E-state index contributed by atoms with van der Waals surface area (Å²) in [6.45, 7) is 4.81. The number of benzene rings is 1. The lowest BCUT2D eigenvalue weighted by molar-refractivity contribution is -0.0907. The number of alkyl carbamates (subject to hydrolysis) is 1. The smallest absolute Gasteiger partial charge is 0.407 e. The molecular formula is C22H34N2O7S. The molecule has 2 aliphatic heterocycles. The Hall–Kier alpha value is -1.72. The Morgan fingerprint density at radius 3 is 2.62 bits per heavy atom. The Morgan fingerprint density at radius 2 is 1.97 bits per heavy atom. The maximum Gasteiger partial charge on any atom is 0.407 e. The first-order chi connectivity index (χ1) is 15.1. The number of sulfonamides is 1. The van der Waals surface area contributed by atoms with E-state index in [1.54, 1.807) is 0 Å². The quantitative estimate of drug-likeness (QED) is 0.531. The molecule has 2 fully saturated rings. The van der Waals surface area contributed by atoms with Crippen molar-refractivity contribution in [1.82, 2.24) is 9.62 Å². The standard InChI is InChI=1S/C22H34N2O7S/c1-15(2)12-24(32(3,27)28)13-19(25)18(11-16-7-5-4-6-8-16)23-22(26)31-20-14-30-21-17(20)9-10-29-21/h4-8,15,17-21,25H,9-14H2,1-3H3,(H,23,26). The number of nitrogens with zero attached hydrogens (tertiary/aromatic N) is 1. The van der Waals surface area contributed by atoms with Crippen LogP contribution in [0.2, 0.25) is 0 Å². The van der Waals surface area contributed by atoms with E-state index in [-0.39, 0.29) is 37.8 Å². The zero-order valence-corrected chi connectivity index (χ0v) is 19.7. The average Bonchev–Trinajstić information content (AvgIpc) is 3.32. The van der Waals surface area contributed by atoms with E-state index >= 15 is 0 Å². The molecule has 180 valence electrons. The van der Waals surface area contributed by atoms with Gasteiger partial charge in [0.15, 0.2) is 6.29 Å². The molecule has 0 spiro atoms. The van der Waals surface area contributed by atoms with Gasteiger partial charge in [-0.3, -0.25) is 0 Å². The number of ether oxygens (including phenoxy) is 3. The molecule has 2 saturated heterocycles. The van der Waals surface area contributed by atoms with Crippen LogP contribution in [0.4, 0.5) is 4.79 Å².